The maximum Gasteiger partial charge on any atom is 0.249 e. The highest BCUT2D eigenvalue weighted by Gasteiger charge is 2.12. The predicted octanol–water partition coefficient (Wildman–Crippen LogP) is 4.43. The molecular formula is C20H20BrN3O4S. The van der Waals surface area contributed by atoms with Crippen molar-refractivity contribution in [3.63, 3.8) is 0 Å². The van der Waals surface area contributed by atoms with Gasteiger partial charge in [-0.05, 0) is 45.8 Å². The SMILES string of the molecule is COc1cc(/C=C/C(=O)Nc2ccnn2Cc2cc(Br)cs2)cc(OC)c1OC. The Labute approximate surface area is 181 Å². The molecule has 1 amide bonds. The summed E-state index contributed by atoms with van der Waals surface area (Å²) in [6, 6.07) is 7.32. The Balaban J connectivity index is 1.72. The summed E-state index contributed by atoms with van der Waals surface area (Å²) in [5.74, 6) is 1.89. The number of carbonyl (C=O) groups is 1. The van der Waals surface area contributed by atoms with Gasteiger partial charge in [0.05, 0.1) is 34.1 Å². The number of halogens is 1. The first-order valence-electron chi connectivity index (χ1n) is 8.58. The third kappa shape index (κ3) is 5.18. The molecular weight excluding hydrogens is 458 g/mol. The van der Waals surface area contributed by atoms with Crippen LogP contribution in [0.5, 0.6) is 17.2 Å². The lowest BCUT2D eigenvalue weighted by Crippen LogP contribution is -2.13. The van der Waals surface area contributed by atoms with E-state index in [0.29, 0.717) is 29.6 Å². The van der Waals surface area contributed by atoms with E-state index in [1.165, 1.54) is 6.08 Å². The lowest BCUT2D eigenvalue weighted by atomic mass is 10.1. The van der Waals surface area contributed by atoms with Crippen molar-refractivity contribution >= 4 is 45.1 Å². The van der Waals surface area contributed by atoms with Crippen LogP contribution in [-0.2, 0) is 11.3 Å². The number of carbonyl (C=O) groups excluding carboxylic acids is 1. The standard InChI is InChI=1S/C20H20BrN3O4S/c1-26-16-8-13(9-17(27-2)20(16)28-3)4-5-19(25)23-18-6-7-22-24(18)11-15-10-14(21)12-29-15/h4-10,12H,11H2,1-3H3,(H,23,25)/b5-4+. The number of anilines is 1. The van der Waals surface area contributed by atoms with Crippen LogP contribution in [0.15, 0.2) is 46.4 Å². The first-order chi connectivity index (χ1) is 14.0. The van der Waals surface area contributed by atoms with Crippen LogP contribution in [-0.4, -0.2) is 37.0 Å². The van der Waals surface area contributed by atoms with Crippen LogP contribution in [0.3, 0.4) is 0 Å². The molecule has 152 valence electrons. The van der Waals surface area contributed by atoms with Gasteiger partial charge in [-0.2, -0.15) is 5.10 Å². The Morgan fingerprint density at radius 1 is 1.21 bits per heavy atom. The molecule has 29 heavy (non-hydrogen) atoms. The van der Waals surface area contributed by atoms with Gasteiger partial charge in [-0.15, -0.1) is 11.3 Å². The zero-order valence-corrected chi connectivity index (χ0v) is 18.5. The molecule has 2 aromatic heterocycles. The van der Waals surface area contributed by atoms with Crippen LogP contribution in [0.1, 0.15) is 10.4 Å². The Hall–Kier alpha value is -2.78. The van der Waals surface area contributed by atoms with E-state index in [2.05, 4.69) is 26.3 Å². The van der Waals surface area contributed by atoms with Gasteiger partial charge in [0.15, 0.2) is 11.5 Å². The van der Waals surface area contributed by atoms with E-state index in [1.54, 1.807) is 67.8 Å². The zero-order chi connectivity index (χ0) is 20.8. The van der Waals surface area contributed by atoms with E-state index >= 15 is 0 Å². The first kappa shape index (κ1) is 20.9. The molecule has 1 aromatic carbocycles. The Bertz CT molecular complexity index is 1000. The number of hydrogen-bond donors (Lipinski definition) is 1. The van der Waals surface area contributed by atoms with E-state index in [-0.39, 0.29) is 5.91 Å². The topological polar surface area (TPSA) is 74.6 Å². The Morgan fingerprint density at radius 2 is 1.93 bits per heavy atom. The Kier molecular flexibility index (Phi) is 6.95. The second-order valence-corrected chi connectivity index (χ2v) is 7.80. The monoisotopic (exact) mass is 477 g/mol. The second kappa shape index (κ2) is 9.62. The van der Waals surface area contributed by atoms with E-state index in [1.807, 2.05) is 11.4 Å². The van der Waals surface area contributed by atoms with Crippen LogP contribution in [0.25, 0.3) is 6.08 Å². The number of nitrogens with zero attached hydrogens (tertiary/aromatic N) is 2. The highest BCUT2D eigenvalue weighted by atomic mass is 79.9. The van der Waals surface area contributed by atoms with Gasteiger partial charge in [-0.3, -0.25) is 4.79 Å². The summed E-state index contributed by atoms with van der Waals surface area (Å²) >= 11 is 5.07. The van der Waals surface area contributed by atoms with Crippen molar-refractivity contribution in [2.24, 2.45) is 0 Å². The van der Waals surface area contributed by atoms with Gasteiger partial charge in [0.25, 0.3) is 0 Å². The third-order valence-electron chi connectivity index (χ3n) is 4.01. The molecule has 0 spiro atoms. The molecule has 0 aliphatic heterocycles. The molecule has 3 rings (SSSR count). The highest BCUT2D eigenvalue weighted by molar-refractivity contribution is 9.10. The minimum Gasteiger partial charge on any atom is -0.493 e. The van der Waals surface area contributed by atoms with Gasteiger partial charge in [-0.25, -0.2) is 4.68 Å². The number of ether oxygens (including phenoxy) is 3. The number of rotatable bonds is 8. The van der Waals surface area contributed by atoms with Gasteiger partial charge in [0, 0.05) is 26.9 Å². The van der Waals surface area contributed by atoms with Gasteiger partial charge in [0.1, 0.15) is 5.82 Å². The second-order valence-electron chi connectivity index (χ2n) is 5.89. The molecule has 9 heteroatoms. The summed E-state index contributed by atoms with van der Waals surface area (Å²) in [6.07, 6.45) is 4.78. The number of benzene rings is 1. The number of hydrogen-bond acceptors (Lipinski definition) is 6. The quantitative estimate of drug-likeness (QED) is 0.485. The van der Waals surface area contributed by atoms with E-state index in [9.17, 15) is 4.79 Å². The average molecular weight is 478 g/mol. The molecule has 3 aromatic rings. The van der Waals surface area contributed by atoms with E-state index in [4.69, 9.17) is 14.2 Å². The maximum atomic E-state index is 12.4. The predicted molar refractivity (Wildman–Crippen MR) is 117 cm³/mol. The van der Waals surface area contributed by atoms with Crippen LogP contribution in [0, 0.1) is 0 Å². The number of aromatic nitrogens is 2. The van der Waals surface area contributed by atoms with Gasteiger partial charge >= 0.3 is 0 Å². The van der Waals surface area contributed by atoms with Crippen molar-refractivity contribution in [2.75, 3.05) is 26.6 Å². The molecule has 0 aliphatic rings. The van der Waals surface area contributed by atoms with Crippen molar-refractivity contribution < 1.29 is 19.0 Å². The lowest BCUT2D eigenvalue weighted by molar-refractivity contribution is -0.111. The van der Waals surface area contributed by atoms with Crippen LogP contribution in [0.4, 0.5) is 5.82 Å². The van der Waals surface area contributed by atoms with E-state index in [0.717, 1.165) is 14.9 Å². The van der Waals surface area contributed by atoms with Crippen molar-refractivity contribution in [3.8, 4) is 17.2 Å². The minimum absolute atomic E-state index is 0.270. The van der Waals surface area contributed by atoms with Gasteiger partial charge in [-0.1, -0.05) is 0 Å². The maximum absolute atomic E-state index is 12.4. The fourth-order valence-electron chi connectivity index (χ4n) is 2.69. The smallest absolute Gasteiger partial charge is 0.249 e. The van der Waals surface area contributed by atoms with Crippen molar-refractivity contribution in [3.05, 3.63) is 56.8 Å². The molecule has 0 saturated carbocycles. The largest absolute Gasteiger partial charge is 0.493 e. The summed E-state index contributed by atoms with van der Waals surface area (Å²) in [5.41, 5.74) is 0.742. The van der Waals surface area contributed by atoms with Gasteiger partial charge < -0.3 is 19.5 Å². The normalized spacial score (nSPS) is 10.9. The molecule has 0 radical (unpaired) electrons. The average Bonchev–Trinajstić information content (AvgIpc) is 3.34. The zero-order valence-electron chi connectivity index (χ0n) is 16.1. The lowest BCUT2D eigenvalue weighted by Gasteiger charge is -2.12. The molecule has 0 unspecified atom stereocenters. The summed E-state index contributed by atoms with van der Waals surface area (Å²) in [4.78, 5) is 13.5. The molecule has 7 nitrogen and oxygen atoms in total. The first-order valence-corrected chi connectivity index (χ1v) is 10.2. The summed E-state index contributed by atoms with van der Waals surface area (Å²) in [5, 5.41) is 9.14. The molecule has 2 heterocycles. The number of methoxy groups -OCH3 is 3. The summed E-state index contributed by atoms with van der Waals surface area (Å²) in [6.45, 7) is 0.579. The summed E-state index contributed by atoms with van der Waals surface area (Å²) in [7, 11) is 4.64. The van der Waals surface area contributed by atoms with Crippen molar-refractivity contribution in [1.29, 1.82) is 0 Å². The number of nitrogens with one attached hydrogen (secondary N) is 1. The van der Waals surface area contributed by atoms with Crippen molar-refractivity contribution in [1.82, 2.24) is 9.78 Å². The number of amides is 1. The molecule has 0 saturated heterocycles. The molecule has 0 atom stereocenters. The molecule has 0 bridgehead atoms. The fourth-order valence-corrected chi connectivity index (χ4v) is 4.12. The fraction of sp³-hybridized carbons (Fsp3) is 0.200. The van der Waals surface area contributed by atoms with Crippen molar-refractivity contribution in [2.45, 2.75) is 6.54 Å². The van der Waals surface area contributed by atoms with Crippen LogP contribution >= 0.6 is 27.3 Å². The Morgan fingerprint density at radius 3 is 2.52 bits per heavy atom. The molecule has 0 aliphatic carbocycles. The minimum atomic E-state index is -0.270. The highest BCUT2D eigenvalue weighted by Crippen LogP contribution is 2.38. The van der Waals surface area contributed by atoms with Crippen LogP contribution in [0.2, 0.25) is 0 Å². The van der Waals surface area contributed by atoms with E-state index < -0.39 is 0 Å². The van der Waals surface area contributed by atoms with Gasteiger partial charge in [0.2, 0.25) is 11.7 Å². The summed E-state index contributed by atoms with van der Waals surface area (Å²) < 4.78 is 18.7. The number of thiophene rings is 1. The third-order valence-corrected chi connectivity index (χ3v) is 5.69. The molecule has 0 fully saturated rings. The van der Waals surface area contributed by atoms with Crippen LogP contribution < -0.4 is 19.5 Å². The molecule has 1 N–H and O–H groups in total.